The molecule has 5 aromatic rings. The Morgan fingerprint density at radius 2 is 1.82 bits per heavy atom. The molecule has 2 unspecified atom stereocenters. The lowest BCUT2D eigenvalue weighted by Crippen LogP contribution is -2.49. The summed E-state index contributed by atoms with van der Waals surface area (Å²) < 4.78 is 15.1. The van der Waals surface area contributed by atoms with E-state index < -0.39 is 5.60 Å². The van der Waals surface area contributed by atoms with Crippen molar-refractivity contribution >= 4 is 33.4 Å². The van der Waals surface area contributed by atoms with Gasteiger partial charge < -0.3 is 14.5 Å². The van der Waals surface area contributed by atoms with E-state index in [1.165, 1.54) is 10.9 Å². The molecule has 0 amide bonds. The number of para-hydroxylation sites is 2. The molecular weight excluding hydrogens is 446 g/mol. The van der Waals surface area contributed by atoms with E-state index in [0.717, 1.165) is 45.0 Å². The second-order valence-electron chi connectivity index (χ2n) is 9.85. The van der Waals surface area contributed by atoms with Crippen LogP contribution in [0.2, 0.25) is 5.02 Å². The fraction of sp³-hybridized carbons (Fsp3) is 0.250. The van der Waals surface area contributed by atoms with Gasteiger partial charge in [0.25, 0.3) is 0 Å². The van der Waals surface area contributed by atoms with E-state index in [0.29, 0.717) is 11.6 Å². The average Bonchev–Trinajstić information content (AvgIpc) is 3.36. The third-order valence-corrected chi connectivity index (χ3v) is 7.83. The lowest BCUT2D eigenvalue weighted by molar-refractivity contribution is -0.0181. The number of ether oxygens (including phenoxy) is 2. The van der Waals surface area contributed by atoms with Crippen LogP contribution >= 0.6 is 11.6 Å². The summed E-state index contributed by atoms with van der Waals surface area (Å²) in [7, 11) is 0. The molecule has 7 rings (SSSR count). The Morgan fingerprint density at radius 3 is 2.68 bits per heavy atom. The van der Waals surface area contributed by atoms with Crippen LogP contribution in [-0.4, -0.2) is 27.0 Å². The number of H-pyrrole nitrogens is 1. The maximum Gasteiger partial charge on any atom is 0.221 e. The van der Waals surface area contributed by atoms with Crippen LogP contribution in [0.1, 0.15) is 36.6 Å². The molecule has 0 bridgehead atoms. The zero-order valence-electron chi connectivity index (χ0n) is 19.2. The van der Waals surface area contributed by atoms with Gasteiger partial charge in [-0.25, -0.2) is 0 Å². The number of aromatic nitrogens is 3. The number of nitrogens with one attached hydrogen (secondary N) is 1. The predicted octanol–water partition coefficient (Wildman–Crippen LogP) is 6.78. The zero-order valence-corrected chi connectivity index (χ0v) is 20.0. The van der Waals surface area contributed by atoms with E-state index in [2.05, 4.69) is 62.2 Å². The fourth-order valence-corrected chi connectivity index (χ4v) is 6.07. The Balaban J connectivity index is 1.51. The first-order valence-corrected chi connectivity index (χ1v) is 12.0. The molecule has 5 nitrogen and oxygen atoms in total. The summed E-state index contributed by atoms with van der Waals surface area (Å²) in [6.07, 6.45) is 0. The highest BCUT2D eigenvalue weighted by atomic mass is 35.5. The van der Waals surface area contributed by atoms with Gasteiger partial charge in [0.15, 0.2) is 0 Å². The van der Waals surface area contributed by atoms with Crippen molar-refractivity contribution in [3.05, 3.63) is 82.5 Å². The Kier molecular flexibility index (Phi) is 3.99. The normalized spacial score (nSPS) is 20.4. The number of halogens is 1. The van der Waals surface area contributed by atoms with Gasteiger partial charge in [0.05, 0.1) is 28.5 Å². The summed E-state index contributed by atoms with van der Waals surface area (Å²) in [5.41, 5.74) is 5.84. The first-order valence-electron chi connectivity index (χ1n) is 11.6. The number of benzene rings is 3. The number of rotatable bonds is 1. The summed E-state index contributed by atoms with van der Waals surface area (Å²) in [6.45, 7) is 6.93. The fourth-order valence-electron chi connectivity index (χ4n) is 5.86. The molecule has 0 saturated carbocycles. The molecule has 0 fully saturated rings. The maximum absolute atomic E-state index is 6.66. The molecule has 2 aliphatic heterocycles. The van der Waals surface area contributed by atoms with Crippen LogP contribution in [0.4, 0.5) is 0 Å². The van der Waals surface area contributed by atoms with Crippen LogP contribution in [-0.2, 0) is 0 Å². The third-order valence-electron chi connectivity index (χ3n) is 7.51. The Bertz CT molecular complexity index is 1610. The number of nitrogens with zero attached hydrogens (tertiary/aromatic N) is 2. The largest absolute Gasteiger partial charge is 0.492 e. The molecule has 0 saturated heterocycles. The van der Waals surface area contributed by atoms with Crippen molar-refractivity contribution in [3.63, 3.8) is 0 Å². The minimum atomic E-state index is -0.448. The van der Waals surface area contributed by atoms with E-state index in [1.807, 2.05) is 28.9 Å². The molecule has 1 N–H and O–H groups in total. The number of fused-ring (bicyclic) bond motifs is 9. The van der Waals surface area contributed by atoms with E-state index >= 15 is 0 Å². The van der Waals surface area contributed by atoms with Gasteiger partial charge in [-0.1, -0.05) is 48.0 Å². The summed E-state index contributed by atoms with van der Waals surface area (Å²) in [5.74, 6) is 1.99. The van der Waals surface area contributed by atoms with Crippen LogP contribution in [0.25, 0.3) is 27.5 Å². The SMILES string of the molecule is Cc1nn(-c2ccccc2Cl)c2c1C1c3ccc4[nH]c5ccccc5c4c3OCC1C(C)(C)O2. The molecule has 2 aliphatic rings. The lowest BCUT2D eigenvalue weighted by atomic mass is 9.70. The van der Waals surface area contributed by atoms with Crippen molar-refractivity contribution in [3.8, 4) is 17.3 Å². The van der Waals surface area contributed by atoms with Gasteiger partial charge in [-0.2, -0.15) is 9.78 Å². The van der Waals surface area contributed by atoms with E-state index in [9.17, 15) is 0 Å². The molecule has 170 valence electrons. The quantitative estimate of drug-likeness (QED) is 0.294. The van der Waals surface area contributed by atoms with Gasteiger partial charge in [0.1, 0.15) is 11.4 Å². The van der Waals surface area contributed by atoms with Crippen molar-refractivity contribution in [2.24, 2.45) is 5.92 Å². The first kappa shape index (κ1) is 20.0. The van der Waals surface area contributed by atoms with E-state index in [-0.39, 0.29) is 11.8 Å². The number of aryl methyl sites for hydroxylation is 1. The summed E-state index contributed by atoms with van der Waals surface area (Å²) in [5, 5.41) is 7.89. The monoisotopic (exact) mass is 469 g/mol. The first-order chi connectivity index (χ1) is 16.4. The maximum atomic E-state index is 6.66. The second-order valence-corrected chi connectivity index (χ2v) is 10.3. The number of aromatic amines is 1. The van der Waals surface area contributed by atoms with Crippen molar-refractivity contribution in [2.75, 3.05) is 6.61 Å². The summed E-state index contributed by atoms with van der Waals surface area (Å²) in [6, 6.07) is 20.5. The van der Waals surface area contributed by atoms with Crippen LogP contribution in [0.5, 0.6) is 11.6 Å². The molecule has 2 aromatic heterocycles. The standard InChI is InChI=1S/C28H24ClN3O2/c1-15-23-24-17-12-13-21-25(16-8-4-6-10-20(16)30-21)26(17)33-14-18(24)28(2,3)34-27(23)32(31-15)22-11-7-5-9-19(22)29/h4-13,18,24,30H,14H2,1-3H3. The average molecular weight is 470 g/mol. The third kappa shape index (κ3) is 2.59. The molecule has 34 heavy (non-hydrogen) atoms. The van der Waals surface area contributed by atoms with Gasteiger partial charge in [-0.05, 0) is 45.0 Å². The van der Waals surface area contributed by atoms with Crippen LogP contribution in [0, 0.1) is 12.8 Å². The Labute approximate surface area is 202 Å². The minimum absolute atomic E-state index is 0.108. The van der Waals surface area contributed by atoms with Crippen molar-refractivity contribution in [2.45, 2.75) is 32.3 Å². The van der Waals surface area contributed by atoms with Crippen LogP contribution in [0.15, 0.2) is 60.7 Å². The molecule has 0 aliphatic carbocycles. The smallest absolute Gasteiger partial charge is 0.221 e. The molecule has 2 atom stereocenters. The molecule has 3 aromatic carbocycles. The molecular formula is C28H24ClN3O2. The van der Waals surface area contributed by atoms with Crippen LogP contribution < -0.4 is 9.47 Å². The summed E-state index contributed by atoms with van der Waals surface area (Å²) in [4.78, 5) is 3.54. The topological polar surface area (TPSA) is 52.1 Å². The minimum Gasteiger partial charge on any atom is -0.492 e. The Morgan fingerprint density at radius 1 is 1.03 bits per heavy atom. The zero-order chi connectivity index (χ0) is 23.2. The molecule has 4 heterocycles. The van der Waals surface area contributed by atoms with Gasteiger partial charge in [-0.3, -0.25) is 0 Å². The highest BCUT2D eigenvalue weighted by molar-refractivity contribution is 6.32. The number of hydrogen-bond acceptors (Lipinski definition) is 3. The van der Waals surface area contributed by atoms with Gasteiger partial charge in [0.2, 0.25) is 5.88 Å². The highest BCUT2D eigenvalue weighted by Gasteiger charge is 2.50. The van der Waals surface area contributed by atoms with Gasteiger partial charge in [0, 0.05) is 39.3 Å². The van der Waals surface area contributed by atoms with Crippen LogP contribution in [0.3, 0.4) is 0 Å². The molecule has 6 heteroatoms. The summed E-state index contributed by atoms with van der Waals surface area (Å²) >= 11 is 6.57. The van der Waals surface area contributed by atoms with E-state index in [1.54, 1.807) is 0 Å². The lowest BCUT2D eigenvalue weighted by Gasteiger charge is -2.46. The van der Waals surface area contributed by atoms with Crippen molar-refractivity contribution in [1.29, 1.82) is 0 Å². The van der Waals surface area contributed by atoms with Gasteiger partial charge in [-0.15, -0.1) is 0 Å². The van der Waals surface area contributed by atoms with Gasteiger partial charge >= 0.3 is 0 Å². The number of hydrogen-bond donors (Lipinski definition) is 1. The second kappa shape index (κ2) is 6.80. The highest BCUT2D eigenvalue weighted by Crippen LogP contribution is 2.55. The van der Waals surface area contributed by atoms with E-state index in [4.69, 9.17) is 26.2 Å². The Hall–Kier alpha value is -3.44. The predicted molar refractivity (Wildman–Crippen MR) is 135 cm³/mol. The van der Waals surface area contributed by atoms with Crippen molar-refractivity contribution < 1.29 is 9.47 Å². The molecule has 0 radical (unpaired) electrons. The van der Waals surface area contributed by atoms with Crippen molar-refractivity contribution in [1.82, 2.24) is 14.8 Å². The molecule has 0 spiro atoms.